The first-order valence-electron chi connectivity index (χ1n) is 7.78. The number of nitrogens with one attached hydrogen (secondary N) is 1. The van der Waals surface area contributed by atoms with E-state index >= 15 is 0 Å². The lowest BCUT2D eigenvalue weighted by molar-refractivity contribution is -0.143. The Balaban J connectivity index is 1.48. The number of hydrogen-bond acceptors (Lipinski definition) is 2. The second-order valence-electron chi connectivity index (χ2n) is 6.25. The van der Waals surface area contributed by atoms with Crippen molar-refractivity contribution in [3.63, 3.8) is 0 Å². The van der Waals surface area contributed by atoms with Crippen molar-refractivity contribution in [1.82, 2.24) is 5.32 Å². The Labute approximate surface area is 120 Å². The van der Waals surface area contributed by atoms with Gasteiger partial charge < -0.3 is 10.4 Å². The normalized spacial score (nSPS) is 29.1. The van der Waals surface area contributed by atoms with Crippen molar-refractivity contribution in [3.8, 4) is 0 Å². The Morgan fingerprint density at radius 2 is 1.90 bits per heavy atom. The third-order valence-electron chi connectivity index (χ3n) is 4.98. The fraction of sp³-hybridized carbons (Fsp3) is 0.588. The van der Waals surface area contributed by atoms with Gasteiger partial charge in [-0.15, -0.1) is 0 Å². The zero-order valence-electron chi connectivity index (χ0n) is 11.8. The summed E-state index contributed by atoms with van der Waals surface area (Å²) in [4.78, 5) is 10.9. The van der Waals surface area contributed by atoms with E-state index in [1.54, 1.807) is 0 Å². The van der Waals surface area contributed by atoms with Gasteiger partial charge in [0.15, 0.2) is 0 Å². The first kappa shape index (κ1) is 13.6. The Hall–Kier alpha value is -1.35. The molecule has 1 aromatic rings. The van der Waals surface area contributed by atoms with E-state index in [2.05, 4.69) is 29.6 Å². The molecule has 0 heterocycles. The van der Waals surface area contributed by atoms with Crippen molar-refractivity contribution in [1.29, 1.82) is 0 Å². The molecule has 2 aliphatic rings. The van der Waals surface area contributed by atoms with Crippen LogP contribution in [0.4, 0.5) is 0 Å². The number of carboxylic acid groups (broad SMARTS) is 1. The molecule has 2 aliphatic carbocycles. The molecule has 1 saturated carbocycles. The molecule has 3 nitrogen and oxygen atoms in total. The summed E-state index contributed by atoms with van der Waals surface area (Å²) in [5.74, 6) is -0.0575. The summed E-state index contributed by atoms with van der Waals surface area (Å²) in [6, 6.07) is 9.21. The number of aryl methyl sites for hydroxylation is 1. The SMILES string of the molecule is O=C(O)C1CCC(CNC2CCc3ccccc32)CC1. The van der Waals surface area contributed by atoms with Crippen LogP contribution in [0.15, 0.2) is 24.3 Å². The van der Waals surface area contributed by atoms with E-state index in [0.29, 0.717) is 12.0 Å². The molecule has 0 radical (unpaired) electrons. The van der Waals surface area contributed by atoms with Crippen LogP contribution in [0.5, 0.6) is 0 Å². The first-order valence-corrected chi connectivity index (χ1v) is 7.78. The maximum Gasteiger partial charge on any atom is 0.306 e. The lowest BCUT2D eigenvalue weighted by atomic mass is 9.82. The summed E-state index contributed by atoms with van der Waals surface area (Å²) < 4.78 is 0. The van der Waals surface area contributed by atoms with Gasteiger partial charge in [-0.25, -0.2) is 0 Å². The van der Waals surface area contributed by atoms with Crippen LogP contribution in [0.1, 0.15) is 49.3 Å². The summed E-state index contributed by atoms with van der Waals surface area (Å²) >= 11 is 0. The van der Waals surface area contributed by atoms with Gasteiger partial charge in [-0.05, 0) is 62.1 Å². The smallest absolute Gasteiger partial charge is 0.306 e. The molecule has 1 aromatic carbocycles. The monoisotopic (exact) mass is 273 g/mol. The fourth-order valence-corrected chi connectivity index (χ4v) is 3.69. The molecule has 1 unspecified atom stereocenters. The Kier molecular flexibility index (Phi) is 4.06. The predicted molar refractivity (Wildman–Crippen MR) is 78.6 cm³/mol. The van der Waals surface area contributed by atoms with E-state index in [9.17, 15) is 4.79 Å². The number of carboxylic acids is 1. The Morgan fingerprint density at radius 3 is 2.65 bits per heavy atom. The molecule has 0 aliphatic heterocycles. The zero-order chi connectivity index (χ0) is 13.9. The molecule has 108 valence electrons. The molecular weight excluding hydrogens is 250 g/mol. The molecule has 1 atom stereocenters. The first-order chi connectivity index (χ1) is 9.74. The summed E-state index contributed by atoms with van der Waals surface area (Å²) in [5, 5.41) is 12.7. The van der Waals surface area contributed by atoms with E-state index in [1.165, 1.54) is 24.0 Å². The van der Waals surface area contributed by atoms with Gasteiger partial charge >= 0.3 is 5.97 Å². The van der Waals surface area contributed by atoms with Crippen LogP contribution in [-0.2, 0) is 11.2 Å². The topological polar surface area (TPSA) is 49.3 Å². The molecule has 1 fully saturated rings. The maximum atomic E-state index is 10.9. The minimum atomic E-state index is -0.610. The van der Waals surface area contributed by atoms with Crippen molar-refractivity contribution >= 4 is 5.97 Å². The van der Waals surface area contributed by atoms with E-state index in [1.807, 2.05) is 0 Å². The molecule has 0 spiro atoms. The molecule has 0 amide bonds. The number of aliphatic carboxylic acids is 1. The number of rotatable bonds is 4. The Bertz CT molecular complexity index is 478. The van der Waals surface area contributed by atoms with Crippen LogP contribution >= 0.6 is 0 Å². The largest absolute Gasteiger partial charge is 0.481 e. The maximum absolute atomic E-state index is 10.9. The van der Waals surface area contributed by atoms with Crippen molar-refractivity contribution in [2.75, 3.05) is 6.54 Å². The summed E-state index contributed by atoms with van der Waals surface area (Å²) in [6.07, 6.45) is 6.19. The second-order valence-corrected chi connectivity index (χ2v) is 6.25. The van der Waals surface area contributed by atoms with Crippen molar-refractivity contribution in [3.05, 3.63) is 35.4 Å². The van der Waals surface area contributed by atoms with E-state index in [4.69, 9.17) is 5.11 Å². The highest BCUT2D eigenvalue weighted by Crippen LogP contribution is 2.32. The van der Waals surface area contributed by atoms with E-state index in [0.717, 1.165) is 32.2 Å². The van der Waals surface area contributed by atoms with Crippen LogP contribution in [0.3, 0.4) is 0 Å². The van der Waals surface area contributed by atoms with Crippen LogP contribution in [-0.4, -0.2) is 17.6 Å². The molecule has 0 bridgehead atoms. The van der Waals surface area contributed by atoms with Crippen LogP contribution in [0.2, 0.25) is 0 Å². The minimum Gasteiger partial charge on any atom is -0.481 e. The molecular formula is C17H23NO2. The van der Waals surface area contributed by atoms with Crippen molar-refractivity contribution < 1.29 is 9.90 Å². The number of benzene rings is 1. The van der Waals surface area contributed by atoms with E-state index in [-0.39, 0.29) is 5.92 Å². The van der Waals surface area contributed by atoms with Crippen molar-refractivity contribution in [2.24, 2.45) is 11.8 Å². The summed E-state index contributed by atoms with van der Waals surface area (Å²) in [7, 11) is 0. The second kappa shape index (κ2) is 5.96. The number of carbonyl (C=O) groups is 1. The van der Waals surface area contributed by atoms with Gasteiger partial charge in [-0.2, -0.15) is 0 Å². The van der Waals surface area contributed by atoms with Crippen LogP contribution in [0.25, 0.3) is 0 Å². The fourth-order valence-electron chi connectivity index (χ4n) is 3.69. The lowest BCUT2D eigenvalue weighted by Crippen LogP contribution is -2.30. The number of fused-ring (bicyclic) bond motifs is 1. The van der Waals surface area contributed by atoms with Gasteiger partial charge in [0.05, 0.1) is 5.92 Å². The third-order valence-corrected chi connectivity index (χ3v) is 4.98. The van der Waals surface area contributed by atoms with Gasteiger partial charge in [0.25, 0.3) is 0 Å². The summed E-state index contributed by atoms with van der Waals surface area (Å²) in [6.45, 7) is 1.03. The molecule has 20 heavy (non-hydrogen) atoms. The third kappa shape index (κ3) is 2.88. The predicted octanol–water partition coefficient (Wildman–Crippen LogP) is 3.15. The van der Waals surface area contributed by atoms with Crippen LogP contribution in [0, 0.1) is 11.8 Å². The number of hydrogen-bond donors (Lipinski definition) is 2. The lowest BCUT2D eigenvalue weighted by Gasteiger charge is -2.27. The quantitative estimate of drug-likeness (QED) is 0.886. The molecule has 0 saturated heterocycles. The average Bonchev–Trinajstić information content (AvgIpc) is 2.89. The van der Waals surface area contributed by atoms with Gasteiger partial charge in [0.2, 0.25) is 0 Å². The van der Waals surface area contributed by atoms with E-state index < -0.39 is 5.97 Å². The van der Waals surface area contributed by atoms with Gasteiger partial charge in [-0.3, -0.25) is 4.79 Å². The van der Waals surface area contributed by atoms with Gasteiger partial charge in [-0.1, -0.05) is 24.3 Å². The zero-order valence-corrected chi connectivity index (χ0v) is 11.8. The standard InChI is InChI=1S/C17H23NO2/c19-17(20)14-7-5-12(6-8-14)11-18-16-10-9-13-3-1-2-4-15(13)16/h1-4,12,14,16,18H,5-11H2,(H,19,20). The molecule has 0 aromatic heterocycles. The molecule has 3 heteroatoms. The molecule has 2 N–H and O–H groups in total. The van der Waals surface area contributed by atoms with Crippen molar-refractivity contribution in [2.45, 2.75) is 44.6 Å². The van der Waals surface area contributed by atoms with Crippen LogP contribution < -0.4 is 5.32 Å². The average molecular weight is 273 g/mol. The van der Waals surface area contributed by atoms with Gasteiger partial charge in [0.1, 0.15) is 0 Å². The molecule has 3 rings (SSSR count). The summed E-state index contributed by atoms with van der Waals surface area (Å²) in [5.41, 5.74) is 2.95. The van der Waals surface area contributed by atoms with Gasteiger partial charge in [0, 0.05) is 6.04 Å². The minimum absolute atomic E-state index is 0.0987. The highest BCUT2D eigenvalue weighted by Gasteiger charge is 2.27. The highest BCUT2D eigenvalue weighted by molar-refractivity contribution is 5.69. The highest BCUT2D eigenvalue weighted by atomic mass is 16.4. The Morgan fingerprint density at radius 1 is 1.15 bits per heavy atom.